The van der Waals surface area contributed by atoms with Crippen molar-refractivity contribution in [3.8, 4) is 0 Å². The number of benzene rings is 1. The molecule has 0 atom stereocenters. The average Bonchev–Trinajstić information content (AvgIpc) is 2.47. The Morgan fingerprint density at radius 1 is 1.00 bits per heavy atom. The maximum atomic E-state index is 2.25. The highest BCUT2D eigenvalue weighted by Crippen LogP contribution is 2.22. The van der Waals surface area contributed by atoms with Gasteiger partial charge >= 0.3 is 0 Å². The summed E-state index contributed by atoms with van der Waals surface area (Å²) in [5, 5.41) is 0. The molecule has 0 bridgehead atoms. The predicted molar refractivity (Wildman–Crippen MR) is 57.4 cm³/mol. The summed E-state index contributed by atoms with van der Waals surface area (Å²) in [7, 11) is 0. The Kier molecular flexibility index (Phi) is 2.61. The normalized spacial score (nSPS) is 16.5. The molecule has 0 radical (unpaired) electrons. The fraction of sp³-hybridized carbons (Fsp3) is 0.231. The Balaban J connectivity index is 2.26. The number of allylic oxidation sites excluding steroid dienone is 4. The lowest BCUT2D eigenvalue weighted by Gasteiger charge is -2.04. The molecule has 66 valence electrons. The van der Waals surface area contributed by atoms with Gasteiger partial charge < -0.3 is 0 Å². The van der Waals surface area contributed by atoms with Crippen molar-refractivity contribution in [3.63, 3.8) is 0 Å². The van der Waals surface area contributed by atoms with Crippen LogP contribution in [0.25, 0.3) is 5.57 Å². The third kappa shape index (κ3) is 2.09. The Labute approximate surface area is 79.6 Å². The molecule has 0 nitrogen and oxygen atoms in total. The van der Waals surface area contributed by atoms with Gasteiger partial charge in [0.1, 0.15) is 0 Å². The van der Waals surface area contributed by atoms with Crippen molar-refractivity contribution >= 4 is 5.57 Å². The summed E-state index contributed by atoms with van der Waals surface area (Å²) in [5.74, 6) is 0. The molecule has 13 heavy (non-hydrogen) atoms. The maximum absolute atomic E-state index is 2.25. The van der Waals surface area contributed by atoms with Crippen molar-refractivity contribution in [2.24, 2.45) is 0 Å². The zero-order valence-electron chi connectivity index (χ0n) is 7.74. The molecule has 1 aromatic rings. The minimum Gasteiger partial charge on any atom is -0.0845 e. The van der Waals surface area contributed by atoms with Crippen LogP contribution in [0.3, 0.4) is 0 Å². The van der Waals surface area contributed by atoms with Crippen molar-refractivity contribution in [1.82, 2.24) is 0 Å². The first kappa shape index (κ1) is 8.31. The molecule has 1 aliphatic carbocycles. The van der Waals surface area contributed by atoms with Crippen molar-refractivity contribution in [2.75, 3.05) is 0 Å². The maximum Gasteiger partial charge on any atom is -0.0225 e. The fourth-order valence-corrected chi connectivity index (χ4v) is 1.67. The first-order valence-corrected chi connectivity index (χ1v) is 4.88. The Hall–Kier alpha value is -1.30. The Bertz CT molecular complexity index is 317. The lowest BCUT2D eigenvalue weighted by atomic mass is 10.0. The summed E-state index contributed by atoms with van der Waals surface area (Å²) in [6.07, 6.45) is 10.4. The van der Waals surface area contributed by atoms with Gasteiger partial charge in [-0.25, -0.2) is 0 Å². The molecule has 0 amide bonds. The zero-order valence-corrected chi connectivity index (χ0v) is 7.74. The molecule has 1 aromatic carbocycles. The van der Waals surface area contributed by atoms with Crippen molar-refractivity contribution < 1.29 is 0 Å². The second kappa shape index (κ2) is 4.08. The van der Waals surface area contributed by atoms with E-state index in [1.54, 1.807) is 0 Å². The first-order valence-electron chi connectivity index (χ1n) is 4.88. The molecule has 0 heterocycles. The van der Waals surface area contributed by atoms with Gasteiger partial charge in [-0.05, 0) is 30.4 Å². The van der Waals surface area contributed by atoms with Crippen LogP contribution >= 0.6 is 0 Å². The summed E-state index contributed by atoms with van der Waals surface area (Å²) >= 11 is 0. The van der Waals surface area contributed by atoms with Crippen LogP contribution in [0.2, 0.25) is 0 Å². The van der Waals surface area contributed by atoms with Gasteiger partial charge in [0.2, 0.25) is 0 Å². The summed E-state index contributed by atoms with van der Waals surface area (Å²) < 4.78 is 0. The third-order valence-corrected chi connectivity index (χ3v) is 2.39. The van der Waals surface area contributed by atoms with Crippen LogP contribution in [-0.2, 0) is 0 Å². The molecule has 0 aliphatic heterocycles. The molecular formula is C13H14. The SMILES string of the molecule is C1=CCCCC(c2ccccc2)=C1. The van der Waals surface area contributed by atoms with E-state index in [2.05, 4.69) is 48.6 Å². The summed E-state index contributed by atoms with van der Waals surface area (Å²) in [6, 6.07) is 10.6. The quantitative estimate of drug-likeness (QED) is 0.601. The summed E-state index contributed by atoms with van der Waals surface area (Å²) in [4.78, 5) is 0. The lowest BCUT2D eigenvalue weighted by molar-refractivity contribution is 0.886. The topological polar surface area (TPSA) is 0 Å². The van der Waals surface area contributed by atoms with Crippen LogP contribution in [0.15, 0.2) is 48.6 Å². The van der Waals surface area contributed by atoms with Gasteiger partial charge in [-0.3, -0.25) is 0 Å². The number of rotatable bonds is 1. The van der Waals surface area contributed by atoms with Gasteiger partial charge in [0.25, 0.3) is 0 Å². The second-order valence-corrected chi connectivity index (χ2v) is 3.38. The molecule has 0 spiro atoms. The highest BCUT2D eigenvalue weighted by Gasteiger charge is 2.00. The van der Waals surface area contributed by atoms with Crippen LogP contribution in [0.1, 0.15) is 24.8 Å². The summed E-state index contributed by atoms with van der Waals surface area (Å²) in [6.45, 7) is 0. The van der Waals surface area contributed by atoms with Gasteiger partial charge in [-0.2, -0.15) is 0 Å². The second-order valence-electron chi connectivity index (χ2n) is 3.38. The molecule has 1 aliphatic rings. The standard InChI is InChI=1S/C13H14/c1-2-5-9-12(8-4-1)13-10-6-3-7-11-13/h1,3-4,6-8,10-11H,2,5,9H2. The van der Waals surface area contributed by atoms with Gasteiger partial charge in [0.05, 0.1) is 0 Å². The highest BCUT2D eigenvalue weighted by atomic mass is 14.1. The van der Waals surface area contributed by atoms with E-state index in [4.69, 9.17) is 0 Å². The van der Waals surface area contributed by atoms with E-state index in [1.165, 1.54) is 30.4 Å². The molecule has 0 N–H and O–H groups in total. The van der Waals surface area contributed by atoms with Crippen molar-refractivity contribution in [3.05, 3.63) is 54.1 Å². The van der Waals surface area contributed by atoms with E-state index in [-0.39, 0.29) is 0 Å². The third-order valence-electron chi connectivity index (χ3n) is 2.39. The highest BCUT2D eigenvalue weighted by molar-refractivity contribution is 5.67. The molecule has 0 saturated carbocycles. The number of hydrogen-bond donors (Lipinski definition) is 0. The van der Waals surface area contributed by atoms with Crippen LogP contribution in [-0.4, -0.2) is 0 Å². The zero-order chi connectivity index (χ0) is 8.93. The number of hydrogen-bond acceptors (Lipinski definition) is 0. The monoisotopic (exact) mass is 170 g/mol. The Morgan fingerprint density at radius 3 is 2.69 bits per heavy atom. The Morgan fingerprint density at radius 2 is 1.85 bits per heavy atom. The van der Waals surface area contributed by atoms with E-state index in [1.807, 2.05) is 0 Å². The molecule has 0 unspecified atom stereocenters. The van der Waals surface area contributed by atoms with Crippen LogP contribution < -0.4 is 0 Å². The predicted octanol–water partition coefficient (Wildman–Crippen LogP) is 3.81. The van der Waals surface area contributed by atoms with E-state index in [0.29, 0.717) is 0 Å². The molecule has 2 rings (SSSR count). The van der Waals surface area contributed by atoms with Gasteiger partial charge in [0, 0.05) is 0 Å². The smallest absolute Gasteiger partial charge is 0.0225 e. The van der Waals surface area contributed by atoms with Crippen LogP contribution in [0.5, 0.6) is 0 Å². The van der Waals surface area contributed by atoms with E-state index in [9.17, 15) is 0 Å². The van der Waals surface area contributed by atoms with Gasteiger partial charge in [0.15, 0.2) is 0 Å². The summed E-state index contributed by atoms with van der Waals surface area (Å²) in [5.41, 5.74) is 2.84. The molecule has 0 heteroatoms. The van der Waals surface area contributed by atoms with Crippen LogP contribution in [0.4, 0.5) is 0 Å². The van der Waals surface area contributed by atoms with E-state index in [0.717, 1.165) is 0 Å². The molecule has 0 saturated heterocycles. The molecular weight excluding hydrogens is 156 g/mol. The lowest BCUT2D eigenvalue weighted by Crippen LogP contribution is -1.82. The van der Waals surface area contributed by atoms with Crippen molar-refractivity contribution in [1.29, 1.82) is 0 Å². The van der Waals surface area contributed by atoms with Gasteiger partial charge in [-0.1, -0.05) is 48.6 Å². The van der Waals surface area contributed by atoms with Crippen LogP contribution in [0, 0.1) is 0 Å². The fourth-order valence-electron chi connectivity index (χ4n) is 1.67. The van der Waals surface area contributed by atoms with Gasteiger partial charge in [-0.15, -0.1) is 0 Å². The minimum absolute atomic E-state index is 1.21. The average molecular weight is 170 g/mol. The van der Waals surface area contributed by atoms with E-state index >= 15 is 0 Å². The molecule has 0 fully saturated rings. The van der Waals surface area contributed by atoms with Crippen molar-refractivity contribution in [2.45, 2.75) is 19.3 Å². The molecule has 0 aromatic heterocycles. The first-order chi connectivity index (χ1) is 6.47. The largest absolute Gasteiger partial charge is 0.0845 e. The minimum atomic E-state index is 1.21. The van der Waals surface area contributed by atoms with E-state index < -0.39 is 0 Å².